The fraction of sp³-hybridized carbons (Fsp3) is 0.684. The van der Waals surface area contributed by atoms with Crippen LogP contribution in [0.4, 0.5) is 0 Å². The number of rotatable bonds is 18. The Morgan fingerprint density at radius 3 is 1.88 bits per heavy atom. The molecular weight excluding hydrogens is 472 g/mol. The van der Waals surface area contributed by atoms with Gasteiger partial charge in [-0.1, -0.05) is 6.42 Å². The van der Waals surface area contributed by atoms with Gasteiger partial charge in [0, 0.05) is 0 Å². The molecule has 34 heavy (non-hydrogen) atoms. The highest BCUT2D eigenvalue weighted by Gasteiger charge is 2.32. The average molecular weight is 507 g/mol. The van der Waals surface area contributed by atoms with E-state index in [9.17, 15) is 28.8 Å². The second-order valence-corrected chi connectivity index (χ2v) is 8.45. The lowest BCUT2D eigenvalue weighted by Gasteiger charge is -2.24. The van der Waals surface area contributed by atoms with E-state index in [-0.39, 0.29) is 6.42 Å². The summed E-state index contributed by atoms with van der Waals surface area (Å²) < 4.78 is 0. The van der Waals surface area contributed by atoms with Crippen molar-refractivity contribution in [3.63, 3.8) is 0 Å². The Morgan fingerprint density at radius 2 is 1.38 bits per heavy atom. The summed E-state index contributed by atoms with van der Waals surface area (Å²) in [6.45, 7) is 0.447. The maximum absolute atomic E-state index is 12.8. The molecule has 0 rings (SSSR count). The number of carbonyl (C=O) groups excluding carboxylic acids is 4. The van der Waals surface area contributed by atoms with Gasteiger partial charge in [0.1, 0.15) is 18.1 Å². The molecule has 194 valence electrons. The van der Waals surface area contributed by atoms with Crippen molar-refractivity contribution in [2.45, 2.75) is 62.7 Å². The van der Waals surface area contributed by atoms with Crippen molar-refractivity contribution in [2.75, 3.05) is 18.6 Å². The molecule has 0 bridgehead atoms. The summed E-state index contributed by atoms with van der Waals surface area (Å²) in [7, 11) is 0. The number of carboxylic acids is 2. The van der Waals surface area contributed by atoms with E-state index in [1.807, 2.05) is 5.32 Å². The molecule has 0 aromatic heterocycles. The number of carboxylic acid groups (broad SMARTS) is 2. The molecule has 0 aliphatic heterocycles. The van der Waals surface area contributed by atoms with Crippen LogP contribution in [-0.2, 0) is 28.8 Å². The van der Waals surface area contributed by atoms with Crippen LogP contribution in [0.15, 0.2) is 0 Å². The Hall–Kier alpha value is -2.91. The molecule has 0 aliphatic rings. The van der Waals surface area contributed by atoms with Crippen LogP contribution in [0.25, 0.3) is 0 Å². The number of nitrogens with one attached hydrogen (secondary N) is 3. The topological polar surface area (TPSA) is 257 Å². The van der Waals surface area contributed by atoms with Gasteiger partial charge in [0.25, 0.3) is 0 Å². The molecule has 4 unspecified atom stereocenters. The van der Waals surface area contributed by atoms with Crippen molar-refractivity contribution < 1.29 is 39.0 Å². The van der Waals surface area contributed by atoms with Crippen LogP contribution in [0.3, 0.4) is 0 Å². The molecule has 0 spiro atoms. The number of hydrogen-bond acceptors (Lipinski definition) is 9. The van der Waals surface area contributed by atoms with Gasteiger partial charge in [0.2, 0.25) is 23.6 Å². The number of aliphatic carboxylic acids is 2. The second kappa shape index (κ2) is 16.7. The number of primary amides is 1. The number of thioether (sulfide) groups is 1. The third-order valence-electron chi connectivity index (χ3n) is 4.58. The lowest BCUT2D eigenvalue weighted by Crippen LogP contribution is -2.57. The molecule has 11 N–H and O–H groups in total. The van der Waals surface area contributed by atoms with Crippen molar-refractivity contribution in [1.82, 2.24) is 16.0 Å². The monoisotopic (exact) mass is 506 g/mol. The normalized spacial score (nSPS) is 14.2. The Morgan fingerprint density at radius 1 is 0.824 bits per heavy atom. The third kappa shape index (κ3) is 13.0. The number of unbranched alkanes of at least 4 members (excludes halogenated alkanes) is 1. The molecule has 0 aromatic carbocycles. The Bertz CT molecular complexity index is 738. The SMILES string of the molecule is CSCCC(NC(=O)C(N)CCCCN)C(=O)NC(CC(=O)O)C(=O)NC(CC(N)=O)C(=O)O. The van der Waals surface area contributed by atoms with Crippen LogP contribution >= 0.6 is 11.8 Å². The van der Waals surface area contributed by atoms with Crippen LogP contribution < -0.4 is 33.2 Å². The molecule has 4 atom stereocenters. The van der Waals surface area contributed by atoms with Crippen LogP contribution in [0.2, 0.25) is 0 Å². The number of carbonyl (C=O) groups is 6. The lowest BCUT2D eigenvalue weighted by atomic mass is 10.1. The number of amides is 4. The molecule has 0 saturated carbocycles. The number of nitrogens with two attached hydrogens (primary N) is 3. The van der Waals surface area contributed by atoms with Gasteiger partial charge >= 0.3 is 11.9 Å². The average Bonchev–Trinajstić information content (AvgIpc) is 2.74. The molecule has 0 aliphatic carbocycles. The minimum atomic E-state index is -1.71. The summed E-state index contributed by atoms with van der Waals surface area (Å²) in [6.07, 6.45) is 1.97. The summed E-state index contributed by atoms with van der Waals surface area (Å²) in [4.78, 5) is 71.2. The van der Waals surface area contributed by atoms with Gasteiger partial charge < -0.3 is 43.4 Å². The van der Waals surface area contributed by atoms with E-state index in [2.05, 4.69) is 10.6 Å². The Labute approximate surface area is 201 Å². The van der Waals surface area contributed by atoms with E-state index < -0.39 is 72.6 Å². The summed E-state index contributed by atoms with van der Waals surface area (Å²) in [5, 5.41) is 25.0. The summed E-state index contributed by atoms with van der Waals surface area (Å²) in [5.74, 6) is -6.15. The third-order valence-corrected chi connectivity index (χ3v) is 5.23. The van der Waals surface area contributed by atoms with Crippen molar-refractivity contribution in [1.29, 1.82) is 0 Å². The standard InChI is InChI=1S/C19H34N6O8S/c1-34-7-5-11(23-16(29)10(21)4-2-3-6-20)17(30)24-12(9-15(27)28)18(31)25-13(19(32)33)8-14(22)26/h10-13H,2-9,20-21H2,1H3,(H2,22,26)(H,23,29)(H,24,30)(H,25,31)(H,27,28)(H,32,33). The second-order valence-electron chi connectivity index (χ2n) is 7.46. The highest BCUT2D eigenvalue weighted by atomic mass is 32.2. The van der Waals surface area contributed by atoms with E-state index >= 15 is 0 Å². The van der Waals surface area contributed by atoms with Crippen molar-refractivity contribution in [3.8, 4) is 0 Å². The maximum atomic E-state index is 12.8. The first-order chi connectivity index (χ1) is 15.9. The molecule has 0 saturated heterocycles. The van der Waals surface area contributed by atoms with Crippen molar-refractivity contribution >= 4 is 47.3 Å². The predicted molar refractivity (Wildman–Crippen MR) is 123 cm³/mol. The van der Waals surface area contributed by atoms with Gasteiger partial charge in [0.05, 0.1) is 18.9 Å². The van der Waals surface area contributed by atoms with Crippen LogP contribution in [0.1, 0.15) is 38.5 Å². The van der Waals surface area contributed by atoms with Crippen molar-refractivity contribution in [3.05, 3.63) is 0 Å². The fourth-order valence-electron chi connectivity index (χ4n) is 2.75. The highest BCUT2D eigenvalue weighted by molar-refractivity contribution is 7.98. The van der Waals surface area contributed by atoms with Crippen LogP contribution in [0.5, 0.6) is 0 Å². The van der Waals surface area contributed by atoms with Gasteiger partial charge in [-0.2, -0.15) is 11.8 Å². The van der Waals surface area contributed by atoms with Gasteiger partial charge in [-0.15, -0.1) is 0 Å². The van der Waals surface area contributed by atoms with Gasteiger partial charge in [-0.3, -0.25) is 24.0 Å². The minimum absolute atomic E-state index is 0.162. The predicted octanol–water partition coefficient (Wildman–Crippen LogP) is -2.92. The van der Waals surface area contributed by atoms with Gasteiger partial charge in [-0.05, 0) is 37.8 Å². The van der Waals surface area contributed by atoms with E-state index in [0.717, 1.165) is 0 Å². The summed E-state index contributed by atoms with van der Waals surface area (Å²) in [5.41, 5.74) is 16.2. The fourth-order valence-corrected chi connectivity index (χ4v) is 3.22. The summed E-state index contributed by atoms with van der Waals surface area (Å²) in [6, 6.07) is -5.40. The first kappa shape index (κ1) is 31.1. The lowest BCUT2D eigenvalue weighted by molar-refractivity contribution is -0.144. The van der Waals surface area contributed by atoms with E-state index in [4.69, 9.17) is 27.4 Å². The summed E-state index contributed by atoms with van der Waals surface area (Å²) >= 11 is 1.39. The quantitative estimate of drug-likeness (QED) is 0.0873. The highest BCUT2D eigenvalue weighted by Crippen LogP contribution is 2.06. The van der Waals surface area contributed by atoms with Crippen molar-refractivity contribution in [2.24, 2.45) is 17.2 Å². The van der Waals surface area contributed by atoms with Gasteiger partial charge in [-0.25, -0.2) is 4.79 Å². The zero-order valence-corrected chi connectivity index (χ0v) is 19.8. The molecule has 14 nitrogen and oxygen atoms in total. The molecule has 15 heteroatoms. The molecule has 0 aromatic rings. The maximum Gasteiger partial charge on any atom is 0.326 e. The zero-order chi connectivity index (χ0) is 26.3. The van der Waals surface area contributed by atoms with E-state index in [1.54, 1.807) is 6.26 Å². The first-order valence-electron chi connectivity index (χ1n) is 10.5. The van der Waals surface area contributed by atoms with E-state index in [0.29, 0.717) is 31.6 Å². The number of hydrogen-bond donors (Lipinski definition) is 8. The smallest absolute Gasteiger partial charge is 0.326 e. The van der Waals surface area contributed by atoms with E-state index in [1.165, 1.54) is 11.8 Å². The molecular formula is C19H34N6O8S. The Balaban J connectivity index is 5.42. The van der Waals surface area contributed by atoms with Crippen LogP contribution in [0, 0.1) is 0 Å². The Kier molecular flexibility index (Phi) is 15.2. The molecule has 0 heterocycles. The molecule has 4 amide bonds. The zero-order valence-electron chi connectivity index (χ0n) is 19.0. The van der Waals surface area contributed by atoms with Gasteiger partial charge in [0.15, 0.2) is 0 Å². The molecule has 0 radical (unpaired) electrons. The largest absolute Gasteiger partial charge is 0.481 e. The van der Waals surface area contributed by atoms with Crippen LogP contribution in [-0.4, -0.2) is 88.5 Å². The first-order valence-corrected chi connectivity index (χ1v) is 11.9. The minimum Gasteiger partial charge on any atom is -0.481 e. The molecule has 0 fully saturated rings.